The van der Waals surface area contributed by atoms with Crippen molar-refractivity contribution >= 4 is 17.4 Å². The molecule has 0 spiro atoms. The highest BCUT2D eigenvalue weighted by Crippen LogP contribution is 2.21. The normalized spacial score (nSPS) is 15.4. The molecule has 23 heavy (non-hydrogen) atoms. The van der Waals surface area contributed by atoms with Gasteiger partial charge in [-0.15, -0.1) is 10.2 Å². The minimum atomic E-state index is -0.169. The van der Waals surface area contributed by atoms with Crippen molar-refractivity contribution in [2.45, 2.75) is 52.0 Å². The van der Waals surface area contributed by atoms with Crippen LogP contribution in [0.2, 0.25) is 0 Å². The SMILES string of the molecule is Cc1ccc(Nc2n[nH]nc2C(=O)NC2CCCCC2)cc1C. The van der Waals surface area contributed by atoms with E-state index in [1.165, 1.54) is 30.4 Å². The molecule has 0 bridgehead atoms. The Kier molecular flexibility index (Phi) is 4.60. The number of aryl methyl sites for hydroxylation is 2. The molecule has 122 valence electrons. The second-order valence-corrected chi connectivity index (χ2v) is 6.25. The third-order valence-electron chi connectivity index (χ3n) is 4.47. The minimum Gasteiger partial charge on any atom is -0.348 e. The Hall–Kier alpha value is -2.37. The first kappa shape index (κ1) is 15.5. The van der Waals surface area contributed by atoms with E-state index in [9.17, 15) is 4.79 Å². The van der Waals surface area contributed by atoms with Gasteiger partial charge in [0.15, 0.2) is 11.5 Å². The summed E-state index contributed by atoms with van der Waals surface area (Å²) in [6.07, 6.45) is 5.71. The van der Waals surface area contributed by atoms with Crippen molar-refractivity contribution in [3.63, 3.8) is 0 Å². The molecule has 0 atom stereocenters. The molecule has 1 aromatic heterocycles. The predicted molar refractivity (Wildman–Crippen MR) is 89.9 cm³/mol. The summed E-state index contributed by atoms with van der Waals surface area (Å²) in [4.78, 5) is 12.4. The fourth-order valence-electron chi connectivity index (χ4n) is 2.93. The first-order valence-electron chi connectivity index (χ1n) is 8.19. The molecule has 1 heterocycles. The number of benzene rings is 1. The second kappa shape index (κ2) is 6.81. The van der Waals surface area contributed by atoms with Crippen LogP contribution in [-0.4, -0.2) is 27.4 Å². The fraction of sp³-hybridized carbons (Fsp3) is 0.471. The van der Waals surface area contributed by atoms with Gasteiger partial charge in [-0.2, -0.15) is 5.21 Å². The van der Waals surface area contributed by atoms with Gasteiger partial charge in [0, 0.05) is 11.7 Å². The number of anilines is 2. The van der Waals surface area contributed by atoms with Crippen LogP contribution in [-0.2, 0) is 0 Å². The highest BCUT2D eigenvalue weighted by Gasteiger charge is 2.21. The van der Waals surface area contributed by atoms with Gasteiger partial charge < -0.3 is 10.6 Å². The Morgan fingerprint density at radius 3 is 2.65 bits per heavy atom. The van der Waals surface area contributed by atoms with Crippen molar-refractivity contribution in [2.24, 2.45) is 0 Å². The second-order valence-electron chi connectivity index (χ2n) is 6.25. The van der Waals surface area contributed by atoms with Crippen molar-refractivity contribution in [1.29, 1.82) is 0 Å². The van der Waals surface area contributed by atoms with Gasteiger partial charge in [-0.1, -0.05) is 25.3 Å². The lowest BCUT2D eigenvalue weighted by Crippen LogP contribution is -2.36. The third kappa shape index (κ3) is 3.70. The average Bonchev–Trinajstić information content (AvgIpc) is 3.00. The van der Waals surface area contributed by atoms with Crippen LogP contribution in [0.5, 0.6) is 0 Å². The lowest BCUT2D eigenvalue weighted by Gasteiger charge is -2.22. The van der Waals surface area contributed by atoms with Crippen molar-refractivity contribution in [2.75, 3.05) is 5.32 Å². The summed E-state index contributed by atoms with van der Waals surface area (Å²) in [7, 11) is 0. The molecule has 6 heteroatoms. The quantitative estimate of drug-likeness (QED) is 0.809. The molecule has 1 aromatic carbocycles. The zero-order valence-electron chi connectivity index (χ0n) is 13.6. The lowest BCUT2D eigenvalue weighted by molar-refractivity contribution is 0.0923. The summed E-state index contributed by atoms with van der Waals surface area (Å²) in [5.41, 5.74) is 3.63. The Bertz CT molecular complexity index is 688. The number of H-pyrrole nitrogens is 1. The lowest BCUT2D eigenvalue weighted by atomic mass is 9.95. The fourth-order valence-corrected chi connectivity index (χ4v) is 2.93. The summed E-state index contributed by atoms with van der Waals surface area (Å²) in [5.74, 6) is 0.290. The number of rotatable bonds is 4. The number of hydrogen-bond acceptors (Lipinski definition) is 4. The number of carbonyl (C=O) groups excluding carboxylic acids is 1. The standard InChI is InChI=1S/C17H23N5O/c1-11-8-9-14(10-12(11)2)18-16-15(20-22-21-16)17(23)19-13-6-4-3-5-7-13/h8-10,13H,3-7H2,1-2H3,(H,19,23)(H2,18,20,21,22). The maximum Gasteiger partial charge on any atom is 0.275 e. The minimum absolute atomic E-state index is 0.169. The number of amides is 1. The predicted octanol–water partition coefficient (Wildman–Crippen LogP) is 3.23. The Labute approximate surface area is 136 Å². The zero-order chi connectivity index (χ0) is 16.2. The van der Waals surface area contributed by atoms with Gasteiger partial charge in [0.2, 0.25) is 0 Å². The molecule has 1 amide bonds. The highest BCUT2D eigenvalue weighted by atomic mass is 16.2. The topological polar surface area (TPSA) is 82.7 Å². The van der Waals surface area contributed by atoms with Crippen LogP contribution >= 0.6 is 0 Å². The molecule has 3 N–H and O–H groups in total. The molecule has 0 radical (unpaired) electrons. The van der Waals surface area contributed by atoms with Gasteiger partial charge in [-0.25, -0.2) is 0 Å². The van der Waals surface area contributed by atoms with E-state index in [0.29, 0.717) is 11.5 Å². The molecule has 2 aromatic rings. The molecule has 3 rings (SSSR count). The molecule has 0 unspecified atom stereocenters. The van der Waals surface area contributed by atoms with Crippen molar-refractivity contribution in [3.05, 3.63) is 35.0 Å². The van der Waals surface area contributed by atoms with E-state index >= 15 is 0 Å². The Morgan fingerprint density at radius 2 is 1.91 bits per heavy atom. The zero-order valence-corrected chi connectivity index (χ0v) is 13.6. The van der Waals surface area contributed by atoms with Gasteiger partial charge in [0.25, 0.3) is 5.91 Å². The number of nitrogens with zero attached hydrogens (tertiary/aromatic N) is 2. The maximum absolute atomic E-state index is 12.4. The highest BCUT2D eigenvalue weighted by molar-refractivity contribution is 5.97. The Balaban J connectivity index is 1.70. The summed E-state index contributed by atoms with van der Waals surface area (Å²) in [6, 6.07) is 6.30. The van der Waals surface area contributed by atoms with E-state index in [0.717, 1.165) is 18.5 Å². The van der Waals surface area contributed by atoms with Gasteiger partial charge in [0.05, 0.1) is 0 Å². The van der Waals surface area contributed by atoms with Crippen LogP contribution in [0.25, 0.3) is 0 Å². The molecule has 1 fully saturated rings. The summed E-state index contributed by atoms with van der Waals surface area (Å²) in [6.45, 7) is 4.12. The first-order chi connectivity index (χ1) is 11.1. The molecule has 6 nitrogen and oxygen atoms in total. The number of hydrogen-bond donors (Lipinski definition) is 3. The van der Waals surface area contributed by atoms with Gasteiger partial charge in [-0.3, -0.25) is 4.79 Å². The maximum atomic E-state index is 12.4. The number of nitrogens with one attached hydrogen (secondary N) is 3. The van der Waals surface area contributed by atoms with Crippen LogP contribution < -0.4 is 10.6 Å². The molecular formula is C17H23N5O. The van der Waals surface area contributed by atoms with Gasteiger partial charge >= 0.3 is 0 Å². The first-order valence-corrected chi connectivity index (χ1v) is 8.19. The number of carbonyl (C=O) groups is 1. The molecule has 1 aliphatic carbocycles. The van der Waals surface area contributed by atoms with Gasteiger partial charge in [-0.05, 0) is 49.9 Å². The number of aromatic amines is 1. The summed E-state index contributed by atoms with van der Waals surface area (Å²) < 4.78 is 0. The van der Waals surface area contributed by atoms with E-state index in [4.69, 9.17) is 0 Å². The van der Waals surface area contributed by atoms with E-state index < -0.39 is 0 Å². The molecule has 0 saturated heterocycles. The van der Waals surface area contributed by atoms with Crippen LogP contribution in [0, 0.1) is 13.8 Å². The summed E-state index contributed by atoms with van der Waals surface area (Å²) >= 11 is 0. The molecule has 0 aliphatic heterocycles. The van der Waals surface area contributed by atoms with Crippen LogP contribution in [0.4, 0.5) is 11.5 Å². The third-order valence-corrected chi connectivity index (χ3v) is 4.47. The van der Waals surface area contributed by atoms with E-state index in [-0.39, 0.29) is 11.9 Å². The van der Waals surface area contributed by atoms with Crippen LogP contribution in [0.3, 0.4) is 0 Å². The summed E-state index contributed by atoms with van der Waals surface area (Å²) in [5, 5.41) is 16.9. The molecular weight excluding hydrogens is 290 g/mol. The Morgan fingerprint density at radius 1 is 1.13 bits per heavy atom. The van der Waals surface area contributed by atoms with Crippen LogP contribution in [0.1, 0.15) is 53.7 Å². The van der Waals surface area contributed by atoms with Crippen LogP contribution in [0.15, 0.2) is 18.2 Å². The average molecular weight is 313 g/mol. The van der Waals surface area contributed by atoms with Crippen molar-refractivity contribution in [3.8, 4) is 0 Å². The monoisotopic (exact) mass is 313 g/mol. The van der Waals surface area contributed by atoms with E-state index in [2.05, 4.69) is 39.9 Å². The van der Waals surface area contributed by atoms with Crippen molar-refractivity contribution in [1.82, 2.24) is 20.7 Å². The van der Waals surface area contributed by atoms with Gasteiger partial charge in [0.1, 0.15) is 0 Å². The molecule has 1 aliphatic rings. The van der Waals surface area contributed by atoms with E-state index in [1.807, 2.05) is 18.2 Å². The largest absolute Gasteiger partial charge is 0.348 e. The van der Waals surface area contributed by atoms with Crippen molar-refractivity contribution < 1.29 is 4.79 Å². The molecule has 1 saturated carbocycles. The van der Waals surface area contributed by atoms with E-state index in [1.54, 1.807) is 0 Å². The number of aromatic nitrogens is 3. The smallest absolute Gasteiger partial charge is 0.275 e.